The highest BCUT2D eigenvalue weighted by Crippen LogP contribution is 2.26. The van der Waals surface area contributed by atoms with Crippen molar-refractivity contribution < 1.29 is 9.53 Å². The molecule has 1 unspecified atom stereocenters. The van der Waals surface area contributed by atoms with E-state index in [1.807, 2.05) is 20.2 Å². The summed E-state index contributed by atoms with van der Waals surface area (Å²) in [6.07, 6.45) is 4.83. The van der Waals surface area contributed by atoms with Crippen LogP contribution in [0.15, 0.2) is 23.4 Å². The zero-order chi connectivity index (χ0) is 12.8. The third kappa shape index (κ3) is 3.60. The summed E-state index contributed by atoms with van der Waals surface area (Å²) in [4.78, 5) is 13.8. The number of nitrogens with zero attached hydrogens (tertiary/aromatic N) is 1. The number of rotatable bonds is 5. The van der Waals surface area contributed by atoms with Gasteiger partial charge in [0.1, 0.15) is 0 Å². The quantitative estimate of drug-likeness (QED) is 0.730. The second kappa shape index (κ2) is 6.45. The Bertz CT molecular complexity index is 334. The van der Waals surface area contributed by atoms with Gasteiger partial charge < -0.3 is 15.0 Å². The van der Waals surface area contributed by atoms with Crippen LogP contribution >= 0.6 is 0 Å². The van der Waals surface area contributed by atoms with Crippen LogP contribution in [0.1, 0.15) is 13.3 Å². The van der Waals surface area contributed by atoms with Gasteiger partial charge in [-0.25, -0.2) is 4.79 Å². The minimum Gasteiger partial charge on any atom is -0.465 e. The molecule has 0 radical (unpaired) electrons. The van der Waals surface area contributed by atoms with Gasteiger partial charge in [-0.15, -0.1) is 0 Å². The summed E-state index contributed by atoms with van der Waals surface area (Å²) in [5.41, 5.74) is 1.76. The van der Waals surface area contributed by atoms with Gasteiger partial charge in [0.25, 0.3) is 0 Å². The Balaban J connectivity index is 2.89. The smallest absolute Gasteiger partial charge is 0.339 e. The monoisotopic (exact) mass is 238 g/mol. The number of nitrogens with one attached hydrogen (secondary N) is 1. The Morgan fingerprint density at radius 2 is 2.35 bits per heavy atom. The summed E-state index contributed by atoms with van der Waals surface area (Å²) in [6, 6.07) is 0. The van der Waals surface area contributed by atoms with Gasteiger partial charge in [-0.05, 0) is 25.5 Å². The Hall–Kier alpha value is -1.29. The van der Waals surface area contributed by atoms with E-state index in [0.717, 1.165) is 25.2 Å². The van der Waals surface area contributed by atoms with Crippen molar-refractivity contribution in [2.24, 2.45) is 5.92 Å². The van der Waals surface area contributed by atoms with Crippen molar-refractivity contribution in [1.29, 1.82) is 0 Å². The van der Waals surface area contributed by atoms with Gasteiger partial charge in [0.2, 0.25) is 0 Å². The molecular formula is C13H22N2O2. The first-order valence-corrected chi connectivity index (χ1v) is 5.95. The van der Waals surface area contributed by atoms with Gasteiger partial charge in [0.15, 0.2) is 0 Å². The molecule has 1 rings (SSSR count). The van der Waals surface area contributed by atoms with E-state index >= 15 is 0 Å². The molecule has 0 bridgehead atoms. The lowest BCUT2D eigenvalue weighted by molar-refractivity contribution is -0.135. The standard InChI is InChI=1S/C13H22N2O2/c1-10-5-6-11(13(16)17-4)12(9-10)15(3)8-7-14-2/h5-6,10,14H,7-9H2,1-4H3. The van der Waals surface area contributed by atoms with Crippen molar-refractivity contribution in [1.82, 2.24) is 10.2 Å². The van der Waals surface area contributed by atoms with E-state index in [1.165, 1.54) is 7.11 Å². The second-order valence-electron chi connectivity index (χ2n) is 4.42. The minimum atomic E-state index is -0.251. The van der Waals surface area contributed by atoms with E-state index in [9.17, 15) is 4.79 Å². The maximum atomic E-state index is 11.7. The van der Waals surface area contributed by atoms with Crippen LogP contribution in [0.5, 0.6) is 0 Å². The summed E-state index contributed by atoms with van der Waals surface area (Å²) in [5, 5.41) is 3.11. The number of allylic oxidation sites excluding steroid dienone is 2. The first-order chi connectivity index (χ1) is 8.10. The molecule has 96 valence electrons. The predicted molar refractivity (Wildman–Crippen MR) is 68.5 cm³/mol. The number of esters is 1. The van der Waals surface area contributed by atoms with Crippen molar-refractivity contribution >= 4 is 5.97 Å². The van der Waals surface area contributed by atoms with Crippen molar-refractivity contribution in [2.45, 2.75) is 13.3 Å². The predicted octanol–water partition coefficient (Wildman–Crippen LogP) is 1.16. The lowest BCUT2D eigenvalue weighted by Gasteiger charge is -2.28. The molecule has 17 heavy (non-hydrogen) atoms. The molecule has 1 aliphatic rings. The van der Waals surface area contributed by atoms with Crippen LogP contribution in [0.25, 0.3) is 0 Å². The van der Waals surface area contributed by atoms with Crippen LogP contribution in [0.4, 0.5) is 0 Å². The molecule has 0 aromatic rings. The Morgan fingerprint density at radius 1 is 1.65 bits per heavy atom. The summed E-state index contributed by atoms with van der Waals surface area (Å²) in [5.74, 6) is 0.217. The average Bonchev–Trinajstić information content (AvgIpc) is 2.34. The van der Waals surface area contributed by atoms with Crippen LogP contribution in [0.3, 0.4) is 0 Å². The lowest BCUT2D eigenvalue weighted by Crippen LogP contribution is -2.30. The van der Waals surface area contributed by atoms with Crippen LogP contribution in [-0.4, -0.2) is 45.2 Å². The fourth-order valence-corrected chi connectivity index (χ4v) is 1.91. The zero-order valence-electron chi connectivity index (χ0n) is 11.1. The van der Waals surface area contributed by atoms with E-state index in [2.05, 4.69) is 23.2 Å². The van der Waals surface area contributed by atoms with E-state index in [0.29, 0.717) is 11.5 Å². The molecule has 0 aromatic heterocycles. The molecule has 0 aromatic carbocycles. The van der Waals surface area contributed by atoms with Gasteiger partial charge in [-0.1, -0.05) is 13.0 Å². The minimum absolute atomic E-state index is 0.251. The van der Waals surface area contributed by atoms with Crippen molar-refractivity contribution in [3.63, 3.8) is 0 Å². The normalized spacial score (nSPS) is 19.4. The third-order valence-corrected chi connectivity index (χ3v) is 2.98. The van der Waals surface area contributed by atoms with Crippen LogP contribution < -0.4 is 5.32 Å². The molecule has 1 aliphatic carbocycles. The summed E-state index contributed by atoms with van der Waals surface area (Å²) in [6.45, 7) is 3.93. The molecule has 1 N–H and O–H groups in total. The van der Waals surface area contributed by atoms with Crippen molar-refractivity contribution in [3.05, 3.63) is 23.4 Å². The topological polar surface area (TPSA) is 41.6 Å². The number of methoxy groups -OCH3 is 1. The van der Waals surface area contributed by atoms with Crippen LogP contribution in [0, 0.1) is 5.92 Å². The Labute approximate surface area is 103 Å². The van der Waals surface area contributed by atoms with Gasteiger partial charge in [0.05, 0.1) is 12.7 Å². The first kappa shape index (κ1) is 13.8. The fraction of sp³-hybridized carbons (Fsp3) is 0.615. The number of carbonyl (C=O) groups excluding carboxylic acids is 1. The molecule has 0 saturated heterocycles. The first-order valence-electron chi connectivity index (χ1n) is 5.95. The maximum absolute atomic E-state index is 11.7. The Kier molecular flexibility index (Phi) is 5.22. The maximum Gasteiger partial charge on any atom is 0.339 e. The fourth-order valence-electron chi connectivity index (χ4n) is 1.91. The van der Waals surface area contributed by atoms with Gasteiger partial charge in [0, 0.05) is 25.8 Å². The van der Waals surface area contributed by atoms with Gasteiger partial charge in [-0.3, -0.25) is 0 Å². The molecule has 0 fully saturated rings. The number of carbonyl (C=O) groups is 1. The largest absolute Gasteiger partial charge is 0.465 e. The molecule has 1 atom stereocenters. The van der Waals surface area contributed by atoms with Crippen LogP contribution in [0.2, 0.25) is 0 Å². The van der Waals surface area contributed by atoms with Crippen LogP contribution in [-0.2, 0) is 9.53 Å². The molecule has 0 heterocycles. The highest BCUT2D eigenvalue weighted by atomic mass is 16.5. The third-order valence-electron chi connectivity index (χ3n) is 2.98. The Morgan fingerprint density at radius 3 is 2.94 bits per heavy atom. The van der Waals surface area contributed by atoms with E-state index in [1.54, 1.807) is 0 Å². The van der Waals surface area contributed by atoms with Gasteiger partial charge in [-0.2, -0.15) is 0 Å². The van der Waals surface area contributed by atoms with E-state index < -0.39 is 0 Å². The average molecular weight is 238 g/mol. The molecular weight excluding hydrogens is 216 g/mol. The summed E-state index contributed by atoms with van der Waals surface area (Å²) in [7, 11) is 5.36. The van der Waals surface area contributed by atoms with E-state index in [-0.39, 0.29) is 5.97 Å². The summed E-state index contributed by atoms with van der Waals surface area (Å²) >= 11 is 0. The molecule has 0 amide bonds. The van der Waals surface area contributed by atoms with Gasteiger partial charge >= 0.3 is 5.97 Å². The number of hydrogen-bond acceptors (Lipinski definition) is 4. The number of ether oxygens (including phenoxy) is 1. The number of likely N-dealkylation sites (N-methyl/N-ethyl adjacent to an activating group) is 2. The molecule has 4 nitrogen and oxygen atoms in total. The highest BCUT2D eigenvalue weighted by Gasteiger charge is 2.21. The molecule has 0 saturated carbocycles. The zero-order valence-corrected chi connectivity index (χ0v) is 11.1. The molecule has 0 aliphatic heterocycles. The summed E-state index contributed by atoms with van der Waals surface area (Å²) < 4.78 is 4.82. The van der Waals surface area contributed by atoms with Crippen molar-refractivity contribution in [2.75, 3.05) is 34.3 Å². The van der Waals surface area contributed by atoms with E-state index in [4.69, 9.17) is 4.74 Å². The SMILES string of the molecule is CNCCN(C)C1=C(C(=O)OC)C=CC(C)C1. The lowest BCUT2D eigenvalue weighted by atomic mass is 9.94. The second-order valence-corrected chi connectivity index (χ2v) is 4.42. The number of hydrogen-bond donors (Lipinski definition) is 1. The van der Waals surface area contributed by atoms with Crippen molar-refractivity contribution in [3.8, 4) is 0 Å². The molecule has 4 heteroatoms. The molecule has 0 spiro atoms. The highest BCUT2D eigenvalue weighted by molar-refractivity contribution is 5.92.